The Morgan fingerprint density at radius 1 is 0.955 bits per heavy atom. The summed E-state index contributed by atoms with van der Waals surface area (Å²) in [5.74, 6) is 2.02. The van der Waals surface area contributed by atoms with Gasteiger partial charge in [0.05, 0.1) is 0 Å². The number of aryl methyl sites for hydroxylation is 1. The van der Waals surface area contributed by atoms with E-state index >= 15 is 0 Å². The molecule has 0 aliphatic rings. The van der Waals surface area contributed by atoms with Crippen molar-refractivity contribution < 1.29 is 14.3 Å². The van der Waals surface area contributed by atoms with E-state index in [0.29, 0.717) is 5.75 Å². The second-order valence-corrected chi connectivity index (χ2v) is 5.40. The van der Waals surface area contributed by atoms with E-state index in [1.807, 2.05) is 57.2 Å². The Hall–Kier alpha value is -2.49. The SMILES string of the molecule is Cc1ccc(Oc2ccc(OCC(=O)NC(C)C)cc2)cc1. The molecule has 0 saturated heterocycles. The number of carbonyl (C=O) groups is 1. The molecular weight excluding hydrogens is 278 g/mol. The molecule has 22 heavy (non-hydrogen) atoms. The summed E-state index contributed by atoms with van der Waals surface area (Å²) in [5.41, 5.74) is 1.19. The molecule has 0 aliphatic heterocycles. The van der Waals surface area contributed by atoms with E-state index in [-0.39, 0.29) is 18.6 Å². The molecule has 0 saturated carbocycles. The van der Waals surface area contributed by atoms with Crippen LogP contribution < -0.4 is 14.8 Å². The van der Waals surface area contributed by atoms with E-state index in [2.05, 4.69) is 5.32 Å². The van der Waals surface area contributed by atoms with Crippen LogP contribution >= 0.6 is 0 Å². The first-order valence-electron chi connectivity index (χ1n) is 7.29. The lowest BCUT2D eigenvalue weighted by Gasteiger charge is -2.10. The van der Waals surface area contributed by atoms with E-state index in [4.69, 9.17) is 9.47 Å². The van der Waals surface area contributed by atoms with E-state index in [1.165, 1.54) is 5.56 Å². The summed E-state index contributed by atoms with van der Waals surface area (Å²) >= 11 is 0. The summed E-state index contributed by atoms with van der Waals surface area (Å²) in [6.07, 6.45) is 0. The third-order valence-corrected chi connectivity index (χ3v) is 2.90. The number of hydrogen-bond donors (Lipinski definition) is 1. The lowest BCUT2D eigenvalue weighted by molar-refractivity contribution is -0.123. The summed E-state index contributed by atoms with van der Waals surface area (Å²) in [6, 6.07) is 15.2. The van der Waals surface area contributed by atoms with Crippen molar-refractivity contribution in [2.75, 3.05) is 6.61 Å². The van der Waals surface area contributed by atoms with E-state index < -0.39 is 0 Å². The van der Waals surface area contributed by atoms with Gasteiger partial charge in [-0.2, -0.15) is 0 Å². The molecule has 2 rings (SSSR count). The normalized spacial score (nSPS) is 10.4. The number of benzene rings is 2. The van der Waals surface area contributed by atoms with Gasteiger partial charge >= 0.3 is 0 Å². The summed E-state index contributed by atoms with van der Waals surface area (Å²) in [4.78, 5) is 11.5. The van der Waals surface area contributed by atoms with Gasteiger partial charge in [-0.15, -0.1) is 0 Å². The molecule has 0 unspecified atom stereocenters. The number of rotatable bonds is 6. The Bertz CT molecular complexity index is 603. The number of ether oxygens (including phenoxy) is 2. The van der Waals surface area contributed by atoms with Gasteiger partial charge in [-0.25, -0.2) is 0 Å². The number of amides is 1. The average Bonchev–Trinajstić information content (AvgIpc) is 2.48. The first kappa shape index (κ1) is 15.9. The minimum atomic E-state index is -0.130. The van der Waals surface area contributed by atoms with Crippen molar-refractivity contribution in [2.45, 2.75) is 26.8 Å². The fourth-order valence-corrected chi connectivity index (χ4v) is 1.86. The highest BCUT2D eigenvalue weighted by atomic mass is 16.5. The lowest BCUT2D eigenvalue weighted by Crippen LogP contribution is -2.34. The second kappa shape index (κ2) is 7.50. The van der Waals surface area contributed by atoms with Gasteiger partial charge in [0.2, 0.25) is 0 Å². The maximum Gasteiger partial charge on any atom is 0.258 e. The largest absolute Gasteiger partial charge is 0.484 e. The van der Waals surface area contributed by atoms with Gasteiger partial charge in [0.25, 0.3) is 5.91 Å². The van der Waals surface area contributed by atoms with Crippen molar-refractivity contribution in [3.05, 3.63) is 54.1 Å². The number of nitrogens with one attached hydrogen (secondary N) is 1. The van der Waals surface area contributed by atoms with Gasteiger partial charge < -0.3 is 14.8 Å². The molecule has 4 nitrogen and oxygen atoms in total. The molecule has 116 valence electrons. The third-order valence-electron chi connectivity index (χ3n) is 2.90. The Balaban J connectivity index is 1.87. The van der Waals surface area contributed by atoms with Gasteiger partial charge in [-0.3, -0.25) is 4.79 Å². The van der Waals surface area contributed by atoms with E-state index in [1.54, 1.807) is 12.1 Å². The molecular formula is C18H21NO3. The molecule has 1 amide bonds. The molecule has 0 atom stereocenters. The van der Waals surface area contributed by atoms with E-state index in [0.717, 1.165) is 11.5 Å². The van der Waals surface area contributed by atoms with Gasteiger partial charge in [0, 0.05) is 6.04 Å². The smallest absolute Gasteiger partial charge is 0.258 e. The molecule has 0 fully saturated rings. The van der Waals surface area contributed by atoms with Crippen molar-refractivity contribution in [1.29, 1.82) is 0 Å². The molecule has 1 N–H and O–H groups in total. The van der Waals surface area contributed by atoms with Crippen LogP contribution in [0.5, 0.6) is 17.2 Å². The minimum absolute atomic E-state index is 0.0103. The molecule has 2 aromatic rings. The maximum atomic E-state index is 11.5. The molecule has 0 aromatic heterocycles. The Morgan fingerprint density at radius 3 is 2.00 bits per heavy atom. The Labute approximate surface area is 131 Å². The molecule has 4 heteroatoms. The highest BCUT2D eigenvalue weighted by Gasteiger charge is 2.04. The minimum Gasteiger partial charge on any atom is -0.484 e. The van der Waals surface area contributed by atoms with Crippen LogP contribution in [0, 0.1) is 6.92 Å². The second-order valence-electron chi connectivity index (χ2n) is 5.40. The first-order chi connectivity index (χ1) is 10.5. The Kier molecular flexibility index (Phi) is 5.42. The van der Waals surface area contributed by atoms with Crippen LogP contribution in [0.25, 0.3) is 0 Å². The predicted octanol–water partition coefficient (Wildman–Crippen LogP) is 3.69. The standard InChI is InChI=1S/C18H21NO3/c1-13(2)19-18(20)12-21-15-8-10-17(11-9-15)22-16-6-4-14(3)5-7-16/h4-11,13H,12H2,1-3H3,(H,19,20). The molecule has 0 bridgehead atoms. The van der Waals surface area contributed by atoms with Crippen LogP contribution in [0.3, 0.4) is 0 Å². The summed E-state index contributed by atoms with van der Waals surface area (Å²) in [5, 5.41) is 2.77. The summed E-state index contributed by atoms with van der Waals surface area (Å²) in [6.45, 7) is 5.87. The highest BCUT2D eigenvalue weighted by molar-refractivity contribution is 5.77. The van der Waals surface area contributed by atoms with E-state index in [9.17, 15) is 4.79 Å². The van der Waals surface area contributed by atoms with Crippen LogP contribution in [-0.4, -0.2) is 18.6 Å². The zero-order valence-electron chi connectivity index (χ0n) is 13.1. The number of hydrogen-bond acceptors (Lipinski definition) is 3. The van der Waals surface area contributed by atoms with Crippen LogP contribution in [0.1, 0.15) is 19.4 Å². The van der Waals surface area contributed by atoms with Gasteiger partial charge in [0.1, 0.15) is 17.2 Å². The zero-order chi connectivity index (χ0) is 15.9. The number of carbonyl (C=O) groups excluding carboxylic acids is 1. The maximum absolute atomic E-state index is 11.5. The van der Waals surface area contributed by atoms with Crippen molar-refractivity contribution in [3.63, 3.8) is 0 Å². The van der Waals surface area contributed by atoms with Crippen LogP contribution in [0.4, 0.5) is 0 Å². The van der Waals surface area contributed by atoms with Crippen LogP contribution in [-0.2, 0) is 4.79 Å². The van der Waals surface area contributed by atoms with Crippen molar-refractivity contribution >= 4 is 5.91 Å². The zero-order valence-corrected chi connectivity index (χ0v) is 13.1. The van der Waals surface area contributed by atoms with Crippen LogP contribution in [0.2, 0.25) is 0 Å². The first-order valence-corrected chi connectivity index (χ1v) is 7.29. The van der Waals surface area contributed by atoms with Crippen molar-refractivity contribution in [2.24, 2.45) is 0 Å². The highest BCUT2D eigenvalue weighted by Crippen LogP contribution is 2.24. The van der Waals surface area contributed by atoms with Gasteiger partial charge in [-0.05, 0) is 57.2 Å². The quantitative estimate of drug-likeness (QED) is 0.885. The molecule has 0 heterocycles. The predicted molar refractivity (Wildman–Crippen MR) is 86.5 cm³/mol. The van der Waals surface area contributed by atoms with Crippen molar-refractivity contribution in [3.8, 4) is 17.2 Å². The Morgan fingerprint density at radius 2 is 1.45 bits per heavy atom. The fraction of sp³-hybridized carbons (Fsp3) is 0.278. The average molecular weight is 299 g/mol. The van der Waals surface area contributed by atoms with Crippen molar-refractivity contribution in [1.82, 2.24) is 5.32 Å². The monoisotopic (exact) mass is 299 g/mol. The van der Waals surface area contributed by atoms with Gasteiger partial charge in [-0.1, -0.05) is 17.7 Å². The van der Waals surface area contributed by atoms with Gasteiger partial charge in [0.15, 0.2) is 6.61 Å². The topological polar surface area (TPSA) is 47.6 Å². The molecule has 2 aromatic carbocycles. The molecule has 0 radical (unpaired) electrons. The fourth-order valence-electron chi connectivity index (χ4n) is 1.86. The van der Waals surface area contributed by atoms with Crippen LogP contribution in [0.15, 0.2) is 48.5 Å². The summed E-state index contributed by atoms with van der Waals surface area (Å²) in [7, 11) is 0. The lowest BCUT2D eigenvalue weighted by atomic mass is 10.2. The summed E-state index contributed by atoms with van der Waals surface area (Å²) < 4.78 is 11.2. The third kappa shape index (κ3) is 5.13. The molecule has 0 spiro atoms. The molecule has 0 aliphatic carbocycles.